The van der Waals surface area contributed by atoms with Gasteiger partial charge >= 0.3 is 0 Å². The number of aromatic nitrogens is 1. The van der Waals surface area contributed by atoms with Crippen molar-refractivity contribution in [3.8, 4) is 0 Å². The number of fused-ring (bicyclic) bond motifs is 1. The molecule has 5 heteroatoms. The van der Waals surface area contributed by atoms with Crippen LogP contribution in [0.4, 0.5) is 5.69 Å². The van der Waals surface area contributed by atoms with Crippen LogP contribution in [0.25, 0.3) is 10.9 Å². The number of benzene rings is 1. The Kier molecular flexibility index (Phi) is 3.33. The van der Waals surface area contributed by atoms with Crippen molar-refractivity contribution < 1.29 is 9.59 Å². The summed E-state index contributed by atoms with van der Waals surface area (Å²) in [6.07, 6.45) is 2.32. The molecule has 0 aliphatic carbocycles. The van der Waals surface area contributed by atoms with Crippen LogP contribution in [0.3, 0.4) is 0 Å². The van der Waals surface area contributed by atoms with Crippen molar-refractivity contribution in [3.63, 3.8) is 0 Å². The molecule has 2 aromatic rings. The second-order valence-corrected chi connectivity index (χ2v) is 5.23. The lowest BCUT2D eigenvalue weighted by atomic mass is 10.0. The molecule has 1 fully saturated rings. The standard InChI is InChI=1S/C16H17N3O2/c1-3-13-16(21)19(10(2)15(20)18-13)12-6-7-14-11(9-12)5-4-8-17-14/h4-10,13H,3H2,1-2H3,(H,18,20). The van der Waals surface area contributed by atoms with Crippen LogP contribution in [0.15, 0.2) is 36.5 Å². The van der Waals surface area contributed by atoms with Gasteiger partial charge in [0.05, 0.1) is 5.52 Å². The molecule has 0 spiro atoms. The molecule has 0 bridgehead atoms. The van der Waals surface area contributed by atoms with Crippen LogP contribution >= 0.6 is 0 Å². The van der Waals surface area contributed by atoms with Crippen molar-refractivity contribution in [2.45, 2.75) is 32.4 Å². The molecular formula is C16H17N3O2. The predicted molar refractivity (Wildman–Crippen MR) is 80.9 cm³/mol. The van der Waals surface area contributed by atoms with E-state index in [0.717, 1.165) is 16.6 Å². The molecule has 2 atom stereocenters. The Morgan fingerprint density at radius 3 is 2.86 bits per heavy atom. The summed E-state index contributed by atoms with van der Waals surface area (Å²) in [5.74, 6) is -0.180. The molecule has 0 radical (unpaired) electrons. The van der Waals surface area contributed by atoms with Gasteiger partial charge < -0.3 is 5.32 Å². The highest BCUT2D eigenvalue weighted by atomic mass is 16.2. The van der Waals surface area contributed by atoms with Crippen molar-refractivity contribution in [1.82, 2.24) is 10.3 Å². The number of nitrogens with zero attached hydrogens (tertiary/aromatic N) is 2. The fourth-order valence-corrected chi connectivity index (χ4v) is 2.67. The van der Waals surface area contributed by atoms with Crippen LogP contribution < -0.4 is 10.2 Å². The summed E-state index contributed by atoms with van der Waals surface area (Å²) in [5.41, 5.74) is 1.61. The van der Waals surface area contributed by atoms with E-state index in [2.05, 4.69) is 10.3 Å². The molecule has 1 aromatic heterocycles. The molecule has 5 nitrogen and oxygen atoms in total. The molecule has 2 heterocycles. The molecule has 2 amide bonds. The molecular weight excluding hydrogens is 266 g/mol. The van der Waals surface area contributed by atoms with Crippen LogP contribution in [0.5, 0.6) is 0 Å². The van der Waals surface area contributed by atoms with Gasteiger partial charge in [0, 0.05) is 17.3 Å². The Morgan fingerprint density at radius 1 is 1.29 bits per heavy atom. The number of hydrogen-bond donors (Lipinski definition) is 1. The van der Waals surface area contributed by atoms with Crippen LogP contribution in [-0.4, -0.2) is 28.9 Å². The van der Waals surface area contributed by atoms with Gasteiger partial charge in [-0.15, -0.1) is 0 Å². The number of anilines is 1. The maximum Gasteiger partial charge on any atom is 0.250 e. The summed E-state index contributed by atoms with van der Waals surface area (Å²) in [6.45, 7) is 3.63. The summed E-state index contributed by atoms with van der Waals surface area (Å²) in [7, 11) is 0. The zero-order chi connectivity index (χ0) is 15.0. The summed E-state index contributed by atoms with van der Waals surface area (Å²) in [4.78, 5) is 30.4. The smallest absolute Gasteiger partial charge is 0.250 e. The Labute approximate surface area is 123 Å². The number of carbonyl (C=O) groups is 2. The van der Waals surface area contributed by atoms with Gasteiger partial charge in [-0.3, -0.25) is 19.5 Å². The fourth-order valence-electron chi connectivity index (χ4n) is 2.67. The lowest BCUT2D eigenvalue weighted by Crippen LogP contribution is -2.62. The van der Waals surface area contributed by atoms with Crippen molar-refractivity contribution >= 4 is 28.4 Å². The number of carbonyl (C=O) groups excluding carboxylic acids is 2. The lowest BCUT2D eigenvalue weighted by Gasteiger charge is -2.37. The van der Waals surface area contributed by atoms with Gasteiger partial charge in [-0.05, 0) is 37.6 Å². The summed E-state index contributed by atoms with van der Waals surface area (Å²) < 4.78 is 0. The van der Waals surface area contributed by atoms with Crippen LogP contribution in [0.2, 0.25) is 0 Å². The fraction of sp³-hybridized carbons (Fsp3) is 0.312. The van der Waals surface area contributed by atoms with Gasteiger partial charge in [0.15, 0.2) is 0 Å². The van der Waals surface area contributed by atoms with Gasteiger partial charge in [0.2, 0.25) is 11.8 Å². The molecule has 3 rings (SSSR count). The third-order valence-electron chi connectivity index (χ3n) is 3.89. The highest BCUT2D eigenvalue weighted by molar-refractivity contribution is 6.08. The molecule has 1 aliphatic rings. The Bertz CT molecular complexity index is 713. The van der Waals surface area contributed by atoms with E-state index in [1.54, 1.807) is 18.0 Å². The van der Waals surface area contributed by atoms with E-state index in [1.165, 1.54) is 0 Å². The highest BCUT2D eigenvalue weighted by Crippen LogP contribution is 2.25. The third kappa shape index (κ3) is 2.24. The molecule has 1 saturated heterocycles. The van der Waals surface area contributed by atoms with E-state index >= 15 is 0 Å². The summed E-state index contributed by atoms with van der Waals surface area (Å²) in [5, 5.41) is 3.71. The normalized spacial score (nSPS) is 22.5. The first kappa shape index (κ1) is 13.5. The SMILES string of the molecule is CCC1NC(=O)C(C)N(c2ccc3ncccc3c2)C1=O. The molecule has 2 unspecified atom stereocenters. The lowest BCUT2D eigenvalue weighted by molar-refractivity contribution is -0.133. The number of hydrogen-bond acceptors (Lipinski definition) is 3. The zero-order valence-electron chi connectivity index (χ0n) is 12.0. The monoisotopic (exact) mass is 283 g/mol. The number of rotatable bonds is 2. The minimum atomic E-state index is -0.505. The number of amides is 2. The van der Waals surface area contributed by atoms with Crippen molar-refractivity contribution in [1.29, 1.82) is 0 Å². The zero-order valence-corrected chi connectivity index (χ0v) is 12.0. The molecule has 0 saturated carbocycles. The van der Waals surface area contributed by atoms with Crippen molar-refractivity contribution in [2.75, 3.05) is 4.90 Å². The average Bonchev–Trinajstić information content (AvgIpc) is 2.51. The Hall–Kier alpha value is -2.43. The number of piperazine rings is 1. The van der Waals surface area contributed by atoms with E-state index in [4.69, 9.17) is 0 Å². The minimum absolute atomic E-state index is 0.0622. The van der Waals surface area contributed by atoms with Gasteiger partial charge in [0.25, 0.3) is 0 Å². The number of nitrogens with one attached hydrogen (secondary N) is 1. The maximum atomic E-state index is 12.5. The second kappa shape index (κ2) is 5.16. The van der Waals surface area contributed by atoms with Gasteiger partial charge in [0.1, 0.15) is 12.1 Å². The second-order valence-electron chi connectivity index (χ2n) is 5.23. The summed E-state index contributed by atoms with van der Waals surface area (Å²) in [6, 6.07) is 8.47. The summed E-state index contributed by atoms with van der Waals surface area (Å²) >= 11 is 0. The largest absolute Gasteiger partial charge is 0.343 e. The van der Waals surface area contributed by atoms with Gasteiger partial charge in [-0.2, -0.15) is 0 Å². The van der Waals surface area contributed by atoms with E-state index < -0.39 is 12.1 Å². The van der Waals surface area contributed by atoms with E-state index in [-0.39, 0.29) is 11.8 Å². The number of pyridine rings is 1. The molecule has 108 valence electrons. The van der Waals surface area contributed by atoms with E-state index in [9.17, 15) is 9.59 Å². The minimum Gasteiger partial charge on any atom is -0.343 e. The first-order valence-corrected chi connectivity index (χ1v) is 7.10. The predicted octanol–water partition coefficient (Wildman–Crippen LogP) is 1.86. The topological polar surface area (TPSA) is 62.3 Å². The van der Waals surface area contributed by atoms with Crippen LogP contribution in [0.1, 0.15) is 20.3 Å². The molecule has 1 aromatic carbocycles. The first-order chi connectivity index (χ1) is 10.1. The third-order valence-corrected chi connectivity index (χ3v) is 3.89. The highest BCUT2D eigenvalue weighted by Gasteiger charge is 2.38. The van der Waals surface area contributed by atoms with E-state index in [1.807, 2.05) is 37.3 Å². The van der Waals surface area contributed by atoms with E-state index in [0.29, 0.717) is 6.42 Å². The molecule has 21 heavy (non-hydrogen) atoms. The van der Waals surface area contributed by atoms with Gasteiger partial charge in [-0.1, -0.05) is 13.0 Å². The van der Waals surface area contributed by atoms with Crippen LogP contribution in [-0.2, 0) is 9.59 Å². The Balaban J connectivity index is 2.06. The van der Waals surface area contributed by atoms with Crippen LogP contribution in [0, 0.1) is 0 Å². The molecule has 1 N–H and O–H groups in total. The van der Waals surface area contributed by atoms with Crippen molar-refractivity contribution in [2.24, 2.45) is 0 Å². The first-order valence-electron chi connectivity index (χ1n) is 7.10. The molecule has 1 aliphatic heterocycles. The average molecular weight is 283 g/mol. The van der Waals surface area contributed by atoms with Gasteiger partial charge in [-0.25, -0.2) is 0 Å². The van der Waals surface area contributed by atoms with Crippen molar-refractivity contribution in [3.05, 3.63) is 36.5 Å². The quantitative estimate of drug-likeness (QED) is 0.915. The maximum absolute atomic E-state index is 12.5. The Morgan fingerprint density at radius 2 is 2.10 bits per heavy atom.